The maximum Gasteiger partial charge on any atom is 0.198 e. The number of fused-ring (bicyclic) bond motifs is 2. The van der Waals surface area contributed by atoms with Crippen molar-refractivity contribution < 1.29 is 14.3 Å². The molecular weight excluding hydrogens is 288 g/mol. The van der Waals surface area contributed by atoms with E-state index in [0.717, 1.165) is 12.8 Å². The molecule has 0 amide bonds. The predicted molar refractivity (Wildman–Crippen MR) is 87.9 cm³/mol. The highest BCUT2D eigenvalue weighted by atomic mass is 16.5. The van der Waals surface area contributed by atoms with E-state index in [-0.39, 0.29) is 11.6 Å². The number of benzene rings is 2. The van der Waals surface area contributed by atoms with E-state index in [4.69, 9.17) is 4.74 Å². The fraction of sp³-hybridized carbons (Fsp3) is 0.200. The molecule has 1 aliphatic carbocycles. The summed E-state index contributed by atoms with van der Waals surface area (Å²) in [6, 6.07) is 12.1. The van der Waals surface area contributed by atoms with Crippen LogP contribution in [-0.4, -0.2) is 18.2 Å². The van der Waals surface area contributed by atoms with Crippen molar-refractivity contribution >= 4 is 11.6 Å². The topological polar surface area (TPSA) is 43.4 Å². The molecule has 0 aromatic heterocycles. The van der Waals surface area contributed by atoms with Gasteiger partial charge in [-0.05, 0) is 19.4 Å². The molecule has 0 spiro atoms. The standard InChI is InChI=1S/C20H16O3/c1-2-3-4-7-13-23-17-12-8-11-16-18(17)20(22)15-10-6-5-9-14(15)19(16)21/h5-6,8-12H,4,7,13H2,1H3. The van der Waals surface area contributed by atoms with Crippen LogP contribution in [0.5, 0.6) is 5.75 Å². The third-order valence-corrected chi connectivity index (χ3v) is 3.79. The van der Waals surface area contributed by atoms with E-state index in [0.29, 0.717) is 34.6 Å². The van der Waals surface area contributed by atoms with Crippen molar-refractivity contribution in [2.24, 2.45) is 0 Å². The van der Waals surface area contributed by atoms with Gasteiger partial charge in [-0.1, -0.05) is 36.4 Å². The van der Waals surface area contributed by atoms with Gasteiger partial charge in [0.15, 0.2) is 11.6 Å². The number of ketones is 2. The van der Waals surface area contributed by atoms with E-state index < -0.39 is 0 Å². The van der Waals surface area contributed by atoms with Crippen LogP contribution in [0.1, 0.15) is 51.6 Å². The van der Waals surface area contributed by atoms with E-state index >= 15 is 0 Å². The summed E-state index contributed by atoms with van der Waals surface area (Å²) in [7, 11) is 0. The molecule has 0 N–H and O–H groups in total. The van der Waals surface area contributed by atoms with Gasteiger partial charge >= 0.3 is 0 Å². The number of carbonyl (C=O) groups excluding carboxylic acids is 2. The van der Waals surface area contributed by atoms with Crippen LogP contribution in [0.15, 0.2) is 42.5 Å². The molecule has 0 aliphatic heterocycles. The molecule has 0 heterocycles. The zero-order chi connectivity index (χ0) is 16.2. The van der Waals surface area contributed by atoms with E-state index in [1.165, 1.54) is 0 Å². The molecule has 0 atom stereocenters. The quantitative estimate of drug-likeness (QED) is 0.546. The summed E-state index contributed by atoms with van der Waals surface area (Å²) in [4.78, 5) is 25.3. The molecule has 0 fully saturated rings. The van der Waals surface area contributed by atoms with Gasteiger partial charge in [0, 0.05) is 23.1 Å². The van der Waals surface area contributed by atoms with Crippen LogP contribution < -0.4 is 4.74 Å². The van der Waals surface area contributed by atoms with Gasteiger partial charge in [0.2, 0.25) is 0 Å². The zero-order valence-electron chi connectivity index (χ0n) is 12.9. The smallest absolute Gasteiger partial charge is 0.198 e. The molecule has 3 nitrogen and oxygen atoms in total. The average molecular weight is 304 g/mol. The Morgan fingerprint density at radius 3 is 2.35 bits per heavy atom. The molecule has 0 saturated carbocycles. The van der Waals surface area contributed by atoms with Gasteiger partial charge in [-0.2, -0.15) is 0 Å². The SMILES string of the molecule is CC#CCCCOc1cccc2c1C(=O)c1ccccc1C2=O. The van der Waals surface area contributed by atoms with Gasteiger partial charge in [-0.3, -0.25) is 9.59 Å². The molecule has 3 rings (SSSR count). The van der Waals surface area contributed by atoms with E-state index in [1.54, 1.807) is 49.4 Å². The summed E-state index contributed by atoms with van der Waals surface area (Å²) < 4.78 is 5.74. The van der Waals surface area contributed by atoms with Crippen molar-refractivity contribution in [3.63, 3.8) is 0 Å². The summed E-state index contributed by atoms with van der Waals surface area (Å²) in [5.41, 5.74) is 1.69. The molecule has 2 aromatic carbocycles. The Morgan fingerprint density at radius 2 is 1.61 bits per heavy atom. The molecule has 0 unspecified atom stereocenters. The Hall–Kier alpha value is -2.86. The Labute approximate surface area is 135 Å². The van der Waals surface area contributed by atoms with Crippen LogP contribution >= 0.6 is 0 Å². The third kappa shape index (κ3) is 2.76. The number of hydrogen-bond acceptors (Lipinski definition) is 3. The first-order valence-corrected chi connectivity index (χ1v) is 7.58. The number of unbranched alkanes of at least 4 members (excludes halogenated alkanes) is 1. The summed E-state index contributed by atoms with van der Waals surface area (Å²) in [5, 5.41) is 0. The lowest BCUT2D eigenvalue weighted by atomic mass is 9.83. The minimum Gasteiger partial charge on any atom is -0.493 e. The maximum absolute atomic E-state index is 12.8. The summed E-state index contributed by atoms with van der Waals surface area (Å²) >= 11 is 0. The lowest BCUT2D eigenvalue weighted by Crippen LogP contribution is -2.21. The lowest BCUT2D eigenvalue weighted by Gasteiger charge is -2.20. The monoisotopic (exact) mass is 304 g/mol. The molecule has 0 bridgehead atoms. The first kappa shape index (κ1) is 15.1. The fourth-order valence-corrected chi connectivity index (χ4v) is 2.70. The minimum atomic E-state index is -0.154. The van der Waals surface area contributed by atoms with Crippen LogP contribution in [0, 0.1) is 11.8 Å². The van der Waals surface area contributed by atoms with Crippen molar-refractivity contribution in [1.29, 1.82) is 0 Å². The van der Waals surface area contributed by atoms with Gasteiger partial charge in [0.05, 0.1) is 12.2 Å². The number of ether oxygens (including phenoxy) is 1. The second kappa shape index (κ2) is 6.50. The van der Waals surface area contributed by atoms with E-state index in [2.05, 4.69) is 11.8 Å². The number of rotatable bonds is 4. The van der Waals surface area contributed by atoms with Crippen molar-refractivity contribution in [1.82, 2.24) is 0 Å². The van der Waals surface area contributed by atoms with Crippen LogP contribution in [0.3, 0.4) is 0 Å². The largest absolute Gasteiger partial charge is 0.493 e. The molecule has 23 heavy (non-hydrogen) atoms. The third-order valence-electron chi connectivity index (χ3n) is 3.79. The molecule has 0 radical (unpaired) electrons. The normalized spacial score (nSPS) is 12.0. The highest BCUT2D eigenvalue weighted by Gasteiger charge is 2.31. The summed E-state index contributed by atoms with van der Waals surface area (Å²) in [6.07, 6.45) is 1.53. The lowest BCUT2D eigenvalue weighted by molar-refractivity contribution is 0.0975. The Morgan fingerprint density at radius 1 is 0.913 bits per heavy atom. The Balaban J connectivity index is 1.92. The molecule has 114 valence electrons. The van der Waals surface area contributed by atoms with Crippen LogP contribution in [0.25, 0.3) is 0 Å². The highest BCUT2D eigenvalue weighted by Crippen LogP contribution is 2.33. The number of hydrogen-bond donors (Lipinski definition) is 0. The molecular formula is C20H16O3. The second-order valence-corrected chi connectivity index (χ2v) is 5.26. The van der Waals surface area contributed by atoms with Gasteiger partial charge in [0.25, 0.3) is 0 Å². The first-order chi connectivity index (χ1) is 11.2. The van der Waals surface area contributed by atoms with Crippen molar-refractivity contribution in [2.75, 3.05) is 6.61 Å². The summed E-state index contributed by atoms with van der Waals surface area (Å²) in [5.74, 6) is 6.00. The Bertz CT molecular complexity index is 837. The van der Waals surface area contributed by atoms with E-state index in [9.17, 15) is 9.59 Å². The van der Waals surface area contributed by atoms with Crippen LogP contribution in [0.4, 0.5) is 0 Å². The van der Waals surface area contributed by atoms with Crippen molar-refractivity contribution in [3.05, 3.63) is 64.7 Å². The number of carbonyl (C=O) groups is 2. The van der Waals surface area contributed by atoms with Crippen molar-refractivity contribution in [2.45, 2.75) is 19.8 Å². The van der Waals surface area contributed by atoms with Gasteiger partial charge in [-0.25, -0.2) is 0 Å². The van der Waals surface area contributed by atoms with Gasteiger partial charge < -0.3 is 4.74 Å². The van der Waals surface area contributed by atoms with Gasteiger partial charge in [0.1, 0.15) is 5.75 Å². The maximum atomic E-state index is 12.8. The Kier molecular flexibility index (Phi) is 4.25. The fourth-order valence-electron chi connectivity index (χ4n) is 2.70. The predicted octanol–water partition coefficient (Wildman–Crippen LogP) is 3.64. The highest BCUT2D eigenvalue weighted by molar-refractivity contribution is 6.29. The molecule has 2 aromatic rings. The average Bonchev–Trinajstić information content (AvgIpc) is 2.59. The zero-order valence-corrected chi connectivity index (χ0v) is 12.9. The molecule has 3 heteroatoms. The second-order valence-electron chi connectivity index (χ2n) is 5.26. The first-order valence-electron chi connectivity index (χ1n) is 7.58. The van der Waals surface area contributed by atoms with Crippen LogP contribution in [-0.2, 0) is 0 Å². The minimum absolute atomic E-state index is 0.127. The van der Waals surface area contributed by atoms with Crippen molar-refractivity contribution in [3.8, 4) is 17.6 Å². The van der Waals surface area contributed by atoms with Gasteiger partial charge in [-0.15, -0.1) is 11.8 Å². The van der Waals surface area contributed by atoms with E-state index in [1.807, 2.05) is 0 Å². The summed E-state index contributed by atoms with van der Waals surface area (Å²) in [6.45, 7) is 2.27. The van der Waals surface area contributed by atoms with Crippen LogP contribution in [0.2, 0.25) is 0 Å². The molecule has 0 saturated heterocycles. The molecule has 1 aliphatic rings.